The molecule has 0 aliphatic carbocycles. The first-order chi connectivity index (χ1) is 9.88. The van der Waals surface area contributed by atoms with Gasteiger partial charge in [-0.25, -0.2) is 8.42 Å². The molecule has 2 N–H and O–H groups in total. The first-order valence-corrected chi connectivity index (χ1v) is 8.49. The van der Waals surface area contributed by atoms with E-state index in [2.05, 4.69) is 0 Å². The van der Waals surface area contributed by atoms with Crippen LogP contribution in [0.25, 0.3) is 6.08 Å². The molecule has 0 bridgehead atoms. The van der Waals surface area contributed by atoms with E-state index in [1.807, 2.05) is 35.2 Å². The zero-order valence-electron chi connectivity index (χ0n) is 11.9. The highest BCUT2D eigenvalue weighted by atomic mass is 32.2. The number of hydrogen-bond donors (Lipinski definition) is 1. The number of rotatable bonds is 4. The van der Waals surface area contributed by atoms with Crippen LogP contribution in [0.1, 0.15) is 5.56 Å². The molecule has 0 saturated carbocycles. The van der Waals surface area contributed by atoms with Crippen LogP contribution in [0.2, 0.25) is 0 Å². The fourth-order valence-corrected chi connectivity index (χ4v) is 3.11. The molecule has 6 nitrogen and oxygen atoms in total. The Balaban J connectivity index is 2.15. The van der Waals surface area contributed by atoms with E-state index in [1.165, 1.54) is 10.6 Å². The predicted octanol–water partition coefficient (Wildman–Crippen LogP) is 0.0900. The Morgan fingerprint density at radius 1 is 1.14 bits per heavy atom. The van der Waals surface area contributed by atoms with Gasteiger partial charge in [-0.2, -0.15) is 4.31 Å². The third-order valence-electron chi connectivity index (χ3n) is 3.40. The lowest BCUT2D eigenvalue weighted by molar-refractivity contribution is -0.116. The highest BCUT2D eigenvalue weighted by Crippen LogP contribution is 2.15. The first kappa shape index (κ1) is 15.5. The lowest BCUT2D eigenvalue weighted by Gasteiger charge is -2.35. The van der Waals surface area contributed by atoms with Gasteiger partial charge < -0.3 is 10.6 Å². The molecule has 1 aliphatic heterocycles. The molecule has 114 valence electrons. The van der Waals surface area contributed by atoms with Crippen molar-refractivity contribution < 1.29 is 13.2 Å². The molecule has 1 heterocycles. The summed E-state index contributed by atoms with van der Waals surface area (Å²) in [4.78, 5) is 13.5. The van der Waals surface area contributed by atoms with E-state index in [0.717, 1.165) is 5.56 Å². The van der Waals surface area contributed by atoms with Crippen molar-refractivity contribution in [2.45, 2.75) is 0 Å². The zero-order valence-corrected chi connectivity index (χ0v) is 12.7. The number of nitrogens with zero attached hydrogens (tertiary/aromatic N) is 2. The largest absolute Gasteiger partial charge is 0.364 e. The van der Waals surface area contributed by atoms with Crippen molar-refractivity contribution in [2.24, 2.45) is 5.73 Å². The highest BCUT2D eigenvalue weighted by Gasteiger charge is 2.25. The summed E-state index contributed by atoms with van der Waals surface area (Å²) in [5.41, 5.74) is 6.75. The molecule has 1 saturated heterocycles. The summed E-state index contributed by atoms with van der Waals surface area (Å²) in [6.07, 6.45) is 2.93. The van der Waals surface area contributed by atoms with Crippen molar-refractivity contribution in [3.05, 3.63) is 41.6 Å². The van der Waals surface area contributed by atoms with Crippen molar-refractivity contribution in [1.82, 2.24) is 9.21 Å². The summed E-state index contributed by atoms with van der Waals surface area (Å²) in [5.74, 6) is -0.508. The van der Waals surface area contributed by atoms with Gasteiger partial charge in [0.2, 0.25) is 10.0 Å². The van der Waals surface area contributed by atoms with Crippen LogP contribution in [0, 0.1) is 0 Å². The molecular weight excluding hydrogens is 290 g/mol. The number of nitrogens with two attached hydrogens (primary N) is 1. The molecule has 0 aromatic heterocycles. The number of benzene rings is 1. The van der Waals surface area contributed by atoms with Gasteiger partial charge in [-0.1, -0.05) is 30.3 Å². The molecule has 0 spiro atoms. The van der Waals surface area contributed by atoms with Crippen LogP contribution < -0.4 is 5.73 Å². The van der Waals surface area contributed by atoms with Crippen molar-refractivity contribution in [3.8, 4) is 0 Å². The molecule has 1 fully saturated rings. The number of carbonyl (C=O) groups is 1. The average molecular weight is 309 g/mol. The summed E-state index contributed by atoms with van der Waals surface area (Å²) in [6, 6.07) is 9.43. The molecular formula is C14H19N3O3S. The van der Waals surface area contributed by atoms with Crippen molar-refractivity contribution >= 4 is 22.0 Å². The highest BCUT2D eigenvalue weighted by molar-refractivity contribution is 7.88. The minimum Gasteiger partial charge on any atom is -0.364 e. The van der Waals surface area contributed by atoms with Gasteiger partial charge in [-0.05, 0) is 11.6 Å². The summed E-state index contributed by atoms with van der Waals surface area (Å²) in [6.45, 7) is 1.62. The van der Waals surface area contributed by atoms with Gasteiger partial charge in [0.1, 0.15) is 5.70 Å². The second kappa shape index (κ2) is 6.28. The number of hydrogen-bond acceptors (Lipinski definition) is 4. The summed E-state index contributed by atoms with van der Waals surface area (Å²) < 4.78 is 24.4. The van der Waals surface area contributed by atoms with Gasteiger partial charge in [0.05, 0.1) is 6.26 Å². The lowest BCUT2D eigenvalue weighted by Crippen LogP contribution is -2.49. The smallest absolute Gasteiger partial charge is 0.265 e. The van der Waals surface area contributed by atoms with Gasteiger partial charge >= 0.3 is 0 Å². The summed E-state index contributed by atoms with van der Waals surface area (Å²) >= 11 is 0. The Hall–Kier alpha value is -1.86. The van der Waals surface area contributed by atoms with E-state index < -0.39 is 15.9 Å². The molecule has 0 unspecified atom stereocenters. The molecule has 21 heavy (non-hydrogen) atoms. The Bertz CT molecular complexity index is 633. The van der Waals surface area contributed by atoms with E-state index in [1.54, 1.807) is 6.08 Å². The predicted molar refractivity (Wildman–Crippen MR) is 81.6 cm³/mol. The van der Waals surface area contributed by atoms with E-state index in [4.69, 9.17) is 5.73 Å². The first-order valence-electron chi connectivity index (χ1n) is 6.64. The van der Waals surface area contributed by atoms with Crippen molar-refractivity contribution in [3.63, 3.8) is 0 Å². The Kier molecular flexibility index (Phi) is 4.64. The van der Waals surface area contributed by atoms with Crippen LogP contribution in [0.5, 0.6) is 0 Å². The molecule has 1 aromatic rings. The van der Waals surface area contributed by atoms with Gasteiger partial charge in [-0.3, -0.25) is 4.79 Å². The zero-order chi connectivity index (χ0) is 15.5. The van der Waals surface area contributed by atoms with Gasteiger partial charge in [0, 0.05) is 26.2 Å². The average Bonchev–Trinajstić information content (AvgIpc) is 2.45. The van der Waals surface area contributed by atoms with Crippen LogP contribution in [-0.4, -0.2) is 56.0 Å². The third-order valence-corrected chi connectivity index (χ3v) is 4.71. The molecule has 1 aliphatic rings. The Morgan fingerprint density at radius 2 is 1.71 bits per heavy atom. The van der Waals surface area contributed by atoms with E-state index in [0.29, 0.717) is 31.9 Å². The van der Waals surface area contributed by atoms with Gasteiger partial charge in [0.15, 0.2) is 0 Å². The lowest BCUT2D eigenvalue weighted by atomic mass is 10.1. The Morgan fingerprint density at radius 3 is 2.19 bits per heavy atom. The molecule has 0 atom stereocenters. The number of carbonyl (C=O) groups excluding carboxylic acids is 1. The second-order valence-electron chi connectivity index (χ2n) is 4.95. The van der Waals surface area contributed by atoms with E-state index >= 15 is 0 Å². The number of piperazine rings is 1. The quantitative estimate of drug-likeness (QED) is 0.799. The number of amides is 1. The fourth-order valence-electron chi connectivity index (χ4n) is 2.29. The van der Waals surface area contributed by atoms with Crippen LogP contribution >= 0.6 is 0 Å². The van der Waals surface area contributed by atoms with Crippen molar-refractivity contribution in [1.29, 1.82) is 0 Å². The van der Waals surface area contributed by atoms with Gasteiger partial charge in [-0.15, -0.1) is 0 Å². The van der Waals surface area contributed by atoms with Crippen LogP contribution in [0.15, 0.2) is 36.0 Å². The van der Waals surface area contributed by atoms with Crippen LogP contribution in [0.4, 0.5) is 0 Å². The summed E-state index contributed by atoms with van der Waals surface area (Å²) in [7, 11) is -3.18. The Labute approximate surface area is 124 Å². The van der Waals surface area contributed by atoms with Crippen LogP contribution in [0.3, 0.4) is 0 Å². The van der Waals surface area contributed by atoms with Crippen LogP contribution in [-0.2, 0) is 14.8 Å². The third kappa shape index (κ3) is 4.05. The van der Waals surface area contributed by atoms with E-state index in [9.17, 15) is 13.2 Å². The maximum atomic E-state index is 11.7. The second-order valence-corrected chi connectivity index (χ2v) is 6.94. The molecule has 1 amide bonds. The molecule has 1 aromatic carbocycles. The van der Waals surface area contributed by atoms with Gasteiger partial charge in [0.25, 0.3) is 5.91 Å². The summed E-state index contributed by atoms with van der Waals surface area (Å²) in [5, 5.41) is 0. The standard InChI is InChI=1S/C14H19N3O3S/c1-21(19,20)17-9-7-16(8-10-17)13(14(15)18)11-12-5-3-2-4-6-12/h2-6,11H,7-10H2,1H3,(H2,15,18). The maximum Gasteiger partial charge on any atom is 0.265 e. The fraction of sp³-hybridized carbons (Fsp3) is 0.357. The SMILES string of the molecule is CS(=O)(=O)N1CCN(C(=Cc2ccccc2)C(N)=O)CC1. The normalized spacial score (nSPS) is 17.8. The number of primary amides is 1. The topological polar surface area (TPSA) is 83.7 Å². The minimum absolute atomic E-state index is 0.359. The van der Waals surface area contributed by atoms with E-state index in [-0.39, 0.29) is 0 Å². The molecule has 2 rings (SSSR count). The molecule has 0 radical (unpaired) electrons. The number of sulfonamides is 1. The van der Waals surface area contributed by atoms with Crippen molar-refractivity contribution in [2.75, 3.05) is 32.4 Å². The maximum absolute atomic E-state index is 11.7. The monoisotopic (exact) mass is 309 g/mol. The molecule has 7 heteroatoms. The minimum atomic E-state index is -3.18.